The van der Waals surface area contributed by atoms with Crippen LogP contribution in [0.15, 0.2) is 53.4 Å². The lowest BCUT2D eigenvalue weighted by Gasteiger charge is -2.23. The van der Waals surface area contributed by atoms with E-state index in [0.717, 1.165) is 18.4 Å². The van der Waals surface area contributed by atoms with Crippen molar-refractivity contribution in [2.45, 2.75) is 31.1 Å². The molecule has 9 heteroatoms. The molecular formula is C18H19N5O3S. The second kappa shape index (κ2) is 7.53. The van der Waals surface area contributed by atoms with Gasteiger partial charge in [0.25, 0.3) is 5.89 Å². The molecule has 4 rings (SSSR count). The molecular weight excluding hydrogens is 366 g/mol. The quantitative estimate of drug-likeness (QED) is 0.640. The summed E-state index contributed by atoms with van der Waals surface area (Å²) >= 11 is 0. The fraction of sp³-hybridized carbons (Fsp3) is 0.333. The van der Waals surface area contributed by atoms with Crippen LogP contribution >= 0.6 is 0 Å². The smallest absolute Gasteiger partial charge is 0.278 e. The van der Waals surface area contributed by atoms with Crippen molar-refractivity contribution in [2.75, 3.05) is 6.54 Å². The molecule has 0 bridgehead atoms. The first-order valence-corrected chi connectivity index (χ1v) is 10.4. The van der Waals surface area contributed by atoms with Gasteiger partial charge in [0.1, 0.15) is 5.69 Å². The largest absolute Gasteiger partial charge is 0.332 e. The maximum absolute atomic E-state index is 12.9. The van der Waals surface area contributed by atoms with Crippen molar-refractivity contribution in [3.05, 3.63) is 60.3 Å². The highest BCUT2D eigenvalue weighted by atomic mass is 32.2. The van der Waals surface area contributed by atoms with Gasteiger partial charge in [-0.25, -0.2) is 13.4 Å². The molecule has 1 aromatic carbocycles. The molecule has 0 amide bonds. The van der Waals surface area contributed by atoms with Crippen molar-refractivity contribution in [3.8, 4) is 11.6 Å². The first kappa shape index (κ1) is 17.7. The number of sulfonamides is 1. The summed E-state index contributed by atoms with van der Waals surface area (Å²) in [4.78, 5) is 12.5. The van der Waals surface area contributed by atoms with E-state index < -0.39 is 10.0 Å². The Hall–Kier alpha value is -2.65. The normalized spacial score (nSPS) is 18.0. The highest BCUT2D eigenvalue weighted by molar-refractivity contribution is 7.88. The molecule has 0 radical (unpaired) electrons. The second-order valence-electron chi connectivity index (χ2n) is 6.46. The summed E-state index contributed by atoms with van der Waals surface area (Å²) in [5, 5.41) is 3.98. The Morgan fingerprint density at radius 1 is 1.19 bits per heavy atom. The van der Waals surface area contributed by atoms with Crippen LogP contribution < -0.4 is 0 Å². The van der Waals surface area contributed by atoms with E-state index in [1.54, 1.807) is 22.9 Å². The van der Waals surface area contributed by atoms with E-state index in [2.05, 4.69) is 20.1 Å². The summed E-state index contributed by atoms with van der Waals surface area (Å²) in [7, 11) is -3.40. The molecule has 3 heterocycles. The van der Waals surface area contributed by atoms with Crippen LogP contribution in [-0.4, -0.2) is 45.4 Å². The first-order chi connectivity index (χ1) is 13.1. The van der Waals surface area contributed by atoms with Crippen LogP contribution in [-0.2, 0) is 22.2 Å². The van der Waals surface area contributed by atoms with Gasteiger partial charge in [-0.15, -0.1) is 0 Å². The van der Waals surface area contributed by atoms with Gasteiger partial charge in [0, 0.05) is 31.4 Å². The number of hydrogen-bond donors (Lipinski definition) is 0. The van der Waals surface area contributed by atoms with Gasteiger partial charge >= 0.3 is 0 Å². The Morgan fingerprint density at radius 2 is 2.04 bits per heavy atom. The summed E-state index contributed by atoms with van der Waals surface area (Å²) in [5.74, 6) is 0.763. The van der Waals surface area contributed by atoms with Crippen LogP contribution in [0.3, 0.4) is 0 Å². The molecule has 1 fully saturated rings. The third-order valence-electron chi connectivity index (χ3n) is 4.54. The van der Waals surface area contributed by atoms with Crippen LogP contribution in [0.25, 0.3) is 11.6 Å². The zero-order valence-corrected chi connectivity index (χ0v) is 15.4. The fourth-order valence-corrected chi connectivity index (χ4v) is 5.13. The van der Waals surface area contributed by atoms with Crippen molar-refractivity contribution < 1.29 is 12.9 Å². The van der Waals surface area contributed by atoms with Gasteiger partial charge in [-0.2, -0.15) is 9.29 Å². The van der Waals surface area contributed by atoms with Crippen LogP contribution in [0.4, 0.5) is 0 Å². The predicted octanol–water partition coefficient (Wildman–Crippen LogP) is 2.06. The van der Waals surface area contributed by atoms with E-state index in [1.807, 2.05) is 30.3 Å². The number of benzene rings is 1. The van der Waals surface area contributed by atoms with E-state index in [0.29, 0.717) is 24.5 Å². The van der Waals surface area contributed by atoms with Gasteiger partial charge in [0.2, 0.25) is 10.0 Å². The van der Waals surface area contributed by atoms with Crippen molar-refractivity contribution in [1.29, 1.82) is 0 Å². The third-order valence-corrected chi connectivity index (χ3v) is 6.43. The van der Waals surface area contributed by atoms with Crippen LogP contribution in [0.5, 0.6) is 0 Å². The van der Waals surface area contributed by atoms with Crippen molar-refractivity contribution >= 4 is 10.0 Å². The first-order valence-electron chi connectivity index (χ1n) is 8.74. The Labute approximate surface area is 157 Å². The van der Waals surface area contributed by atoms with Crippen molar-refractivity contribution in [2.24, 2.45) is 0 Å². The Morgan fingerprint density at radius 3 is 2.81 bits per heavy atom. The molecule has 2 aromatic heterocycles. The highest BCUT2D eigenvalue weighted by Crippen LogP contribution is 2.26. The van der Waals surface area contributed by atoms with Crippen LogP contribution in [0.2, 0.25) is 0 Å². The summed E-state index contributed by atoms with van der Waals surface area (Å²) < 4.78 is 32.6. The van der Waals surface area contributed by atoms with E-state index in [4.69, 9.17) is 4.52 Å². The molecule has 3 aromatic rings. The molecule has 1 atom stereocenters. The topological polar surface area (TPSA) is 102 Å². The summed E-state index contributed by atoms with van der Waals surface area (Å²) in [6.07, 6.45) is 6.68. The van der Waals surface area contributed by atoms with E-state index >= 15 is 0 Å². The average molecular weight is 385 g/mol. The lowest BCUT2D eigenvalue weighted by molar-refractivity contribution is 0.369. The monoisotopic (exact) mass is 385 g/mol. The molecule has 140 valence electrons. The minimum Gasteiger partial charge on any atom is -0.332 e. The number of aromatic nitrogens is 4. The van der Waals surface area contributed by atoms with Gasteiger partial charge in [-0.05, 0) is 18.4 Å². The fourth-order valence-electron chi connectivity index (χ4n) is 3.31. The molecule has 1 saturated heterocycles. The minimum atomic E-state index is -3.40. The number of rotatable bonds is 6. The minimum absolute atomic E-state index is 0.00143. The number of nitrogens with zero attached hydrogens (tertiary/aromatic N) is 5. The molecule has 0 saturated carbocycles. The zero-order chi connectivity index (χ0) is 18.7. The van der Waals surface area contributed by atoms with Gasteiger partial charge in [-0.1, -0.05) is 35.5 Å². The predicted molar refractivity (Wildman–Crippen MR) is 97.8 cm³/mol. The molecule has 1 aliphatic heterocycles. The Kier molecular flexibility index (Phi) is 4.95. The van der Waals surface area contributed by atoms with E-state index in [-0.39, 0.29) is 17.7 Å². The maximum Gasteiger partial charge on any atom is 0.278 e. The van der Waals surface area contributed by atoms with Crippen LogP contribution in [0, 0.1) is 0 Å². The Bertz CT molecular complexity index is 992. The van der Waals surface area contributed by atoms with Gasteiger partial charge < -0.3 is 4.52 Å². The molecule has 1 aliphatic rings. The Balaban J connectivity index is 1.48. The molecule has 0 aliphatic carbocycles. The second-order valence-corrected chi connectivity index (χ2v) is 8.38. The average Bonchev–Trinajstić information content (AvgIpc) is 3.33. The third kappa shape index (κ3) is 4.04. The van der Waals surface area contributed by atoms with Gasteiger partial charge in [0.15, 0.2) is 5.82 Å². The standard InChI is InChI=1S/C18H19N5O3S/c24-27(25,13-14-5-2-1-3-6-14)23-10-4-7-15(23)11-17-21-18(26-22-17)16-12-19-8-9-20-16/h1-3,5-6,8-9,12,15H,4,7,10-11,13H2. The van der Waals surface area contributed by atoms with Gasteiger partial charge in [0.05, 0.1) is 11.9 Å². The molecule has 0 N–H and O–H groups in total. The van der Waals surface area contributed by atoms with Gasteiger partial charge in [-0.3, -0.25) is 4.98 Å². The van der Waals surface area contributed by atoms with Crippen molar-refractivity contribution in [1.82, 2.24) is 24.4 Å². The lowest BCUT2D eigenvalue weighted by atomic mass is 10.1. The molecule has 1 unspecified atom stereocenters. The van der Waals surface area contributed by atoms with Crippen molar-refractivity contribution in [3.63, 3.8) is 0 Å². The van der Waals surface area contributed by atoms with Crippen LogP contribution in [0.1, 0.15) is 24.2 Å². The molecule has 8 nitrogen and oxygen atoms in total. The van der Waals surface area contributed by atoms with E-state index in [9.17, 15) is 8.42 Å². The summed E-state index contributed by atoms with van der Waals surface area (Å²) in [5.41, 5.74) is 1.28. The lowest BCUT2D eigenvalue weighted by Crippen LogP contribution is -2.37. The van der Waals surface area contributed by atoms with E-state index in [1.165, 1.54) is 0 Å². The summed E-state index contributed by atoms with van der Waals surface area (Å²) in [6.45, 7) is 0.523. The summed E-state index contributed by atoms with van der Waals surface area (Å²) in [6, 6.07) is 9.06. The maximum atomic E-state index is 12.9. The molecule has 27 heavy (non-hydrogen) atoms. The molecule has 0 spiro atoms. The number of hydrogen-bond acceptors (Lipinski definition) is 7. The zero-order valence-electron chi connectivity index (χ0n) is 14.6. The highest BCUT2D eigenvalue weighted by Gasteiger charge is 2.35. The SMILES string of the molecule is O=S(=O)(Cc1ccccc1)N1CCCC1Cc1noc(-c2cnccn2)n1.